The first-order valence-electron chi connectivity index (χ1n) is 6.44. The average Bonchev–Trinajstić information content (AvgIpc) is 2.48. The molecule has 7 heteroatoms. The fraction of sp³-hybridized carbons (Fsp3) is 0.133. The number of rotatable bonds is 4. The molecule has 0 fully saturated rings. The lowest BCUT2D eigenvalue weighted by Gasteiger charge is -2.14. The van der Waals surface area contributed by atoms with Crippen LogP contribution in [0.5, 0.6) is 0 Å². The molecule has 2 aromatic rings. The predicted octanol–water partition coefficient (Wildman–Crippen LogP) is 3.34. The summed E-state index contributed by atoms with van der Waals surface area (Å²) in [6.45, 7) is 1.90. The lowest BCUT2D eigenvalue weighted by atomic mass is 10.2. The molecule has 116 valence electrons. The molecule has 2 N–H and O–H groups in total. The Bertz CT molecular complexity index is 803. The second-order valence-electron chi connectivity index (χ2n) is 4.69. The van der Waals surface area contributed by atoms with Crippen LogP contribution in [0.2, 0.25) is 5.02 Å². The summed E-state index contributed by atoms with van der Waals surface area (Å²) >= 11 is 11.1. The molecule has 0 spiro atoms. The van der Waals surface area contributed by atoms with Crippen molar-refractivity contribution in [2.75, 3.05) is 11.8 Å². The number of hydrogen-bond acceptors (Lipinski definition) is 3. The van der Waals surface area contributed by atoms with Crippen molar-refractivity contribution < 1.29 is 8.42 Å². The van der Waals surface area contributed by atoms with E-state index in [2.05, 4.69) is 10.0 Å². The quantitative estimate of drug-likeness (QED) is 0.827. The minimum absolute atomic E-state index is 0.189. The van der Waals surface area contributed by atoms with Gasteiger partial charge in [0.15, 0.2) is 0 Å². The van der Waals surface area contributed by atoms with Crippen molar-refractivity contribution in [2.45, 2.75) is 11.8 Å². The summed E-state index contributed by atoms with van der Waals surface area (Å²) in [5.74, 6) is 0. The largest absolute Gasteiger partial charge is 0.379 e. The minimum atomic E-state index is -3.69. The van der Waals surface area contributed by atoms with Gasteiger partial charge in [0.1, 0.15) is 4.99 Å². The molecule has 4 nitrogen and oxygen atoms in total. The first kappa shape index (κ1) is 16.7. The van der Waals surface area contributed by atoms with Crippen LogP contribution in [0.3, 0.4) is 0 Å². The van der Waals surface area contributed by atoms with E-state index in [4.69, 9.17) is 23.8 Å². The van der Waals surface area contributed by atoms with Crippen LogP contribution in [0.1, 0.15) is 11.1 Å². The van der Waals surface area contributed by atoms with E-state index in [1.165, 1.54) is 0 Å². The molecule has 0 heterocycles. The van der Waals surface area contributed by atoms with E-state index in [-0.39, 0.29) is 4.90 Å². The van der Waals surface area contributed by atoms with Crippen molar-refractivity contribution in [3.63, 3.8) is 0 Å². The van der Waals surface area contributed by atoms with Crippen LogP contribution in [-0.4, -0.2) is 20.5 Å². The molecule has 0 saturated heterocycles. The Morgan fingerprint density at radius 2 is 1.77 bits per heavy atom. The van der Waals surface area contributed by atoms with Crippen LogP contribution in [-0.2, 0) is 10.0 Å². The zero-order chi connectivity index (χ0) is 16.3. The molecule has 0 unspecified atom stereocenters. The number of nitrogens with one attached hydrogen (secondary N) is 2. The molecule has 2 aromatic carbocycles. The second-order valence-corrected chi connectivity index (χ2v) is 7.21. The summed E-state index contributed by atoms with van der Waals surface area (Å²) < 4.78 is 27.5. The number of sulfonamides is 1. The third-order valence-corrected chi connectivity index (χ3v) is 5.07. The highest BCUT2D eigenvalue weighted by Crippen LogP contribution is 2.24. The molecule has 0 aliphatic carbocycles. The highest BCUT2D eigenvalue weighted by atomic mass is 35.5. The number of aryl methyl sites for hydroxylation is 1. The fourth-order valence-corrected chi connectivity index (χ4v) is 3.27. The summed E-state index contributed by atoms with van der Waals surface area (Å²) in [5, 5.41) is 3.30. The van der Waals surface area contributed by atoms with Gasteiger partial charge in [-0.1, -0.05) is 41.5 Å². The minimum Gasteiger partial charge on any atom is -0.379 e. The van der Waals surface area contributed by atoms with Gasteiger partial charge in [0.2, 0.25) is 0 Å². The number of thiocarbonyl (C=S) groups is 1. The molecule has 0 atom stereocenters. The summed E-state index contributed by atoms with van der Waals surface area (Å²) in [6.07, 6.45) is 0. The molecule has 2 rings (SSSR count). The van der Waals surface area contributed by atoms with Crippen LogP contribution in [0.25, 0.3) is 0 Å². The summed E-state index contributed by atoms with van der Waals surface area (Å²) in [5.41, 5.74) is 1.90. The maximum absolute atomic E-state index is 12.5. The molecule has 0 saturated carbocycles. The molecular formula is C15H15ClN2O2S2. The van der Waals surface area contributed by atoms with Gasteiger partial charge in [-0.05, 0) is 37.3 Å². The molecule has 0 aliphatic heterocycles. The monoisotopic (exact) mass is 354 g/mol. The van der Waals surface area contributed by atoms with Gasteiger partial charge in [0.25, 0.3) is 10.0 Å². The van der Waals surface area contributed by atoms with Gasteiger partial charge in [0, 0.05) is 17.6 Å². The summed E-state index contributed by atoms with van der Waals surface area (Å²) in [6, 6.07) is 11.4. The van der Waals surface area contributed by atoms with Gasteiger partial charge in [-0.2, -0.15) is 0 Å². The molecule has 0 bridgehead atoms. The summed E-state index contributed by atoms with van der Waals surface area (Å²) in [4.78, 5) is 0.596. The van der Waals surface area contributed by atoms with E-state index in [1.54, 1.807) is 49.5 Å². The van der Waals surface area contributed by atoms with E-state index in [0.717, 1.165) is 5.56 Å². The Kier molecular flexibility index (Phi) is 5.05. The third kappa shape index (κ3) is 3.76. The Morgan fingerprint density at radius 1 is 1.14 bits per heavy atom. The molecular weight excluding hydrogens is 340 g/mol. The standard InChI is InChI=1S/C15H15ClN2O2S2/c1-10-3-6-12(7-4-10)22(19,20)18-14-8-5-11(16)9-13(14)15(21)17-2/h3-9,18H,1-2H3,(H,17,21). The maximum Gasteiger partial charge on any atom is 0.261 e. The number of anilines is 1. The van der Waals surface area contributed by atoms with Gasteiger partial charge in [-0.25, -0.2) is 8.42 Å². The van der Waals surface area contributed by atoms with E-state index in [9.17, 15) is 8.42 Å². The Labute approximate surface area is 140 Å². The van der Waals surface area contributed by atoms with E-state index in [0.29, 0.717) is 21.3 Å². The number of hydrogen-bond donors (Lipinski definition) is 2. The molecule has 0 aliphatic rings. The van der Waals surface area contributed by atoms with E-state index in [1.807, 2.05) is 6.92 Å². The van der Waals surface area contributed by atoms with E-state index < -0.39 is 10.0 Å². The van der Waals surface area contributed by atoms with Gasteiger partial charge >= 0.3 is 0 Å². The zero-order valence-corrected chi connectivity index (χ0v) is 14.4. The van der Waals surface area contributed by atoms with Crippen LogP contribution < -0.4 is 10.0 Å². The van der Waals surface area contributed by atoms with Crippen LogP contribution in [0.4, 0.5) is 5.69 Å². The summed E-state index contributed by atoms with van der Waals surface area (Å²) in [7, 11) is -2.02. The highest BCUT2D eigenvalue weighted by Gasteiger charge is 2.17. The molecule has 0 radical (unpaired) electrons. The van der Waals surface area contributed by atoms with Crippen LogP contribution in [0.15, 0.2) is 47.4 Å². The maximum atomic E-state index is 12.5. The lowest BCUT2D eigenvalue weighted by Crippen LogP contribution is -2.21. The topological polar surface area (TPSA) is 58.2 Å². The Balaban J connectivity index is 2.41. The molecule has 0 amide bonds. The van der Waals surface area contributed by atoms with E-state index >= 15 is 0 Å². The number of halogens is 1. The van der Waals surface area contributed by atoms with Crippen molar-refractivity contribution in [3.05, 3.63) is 58.6 Å². The SMILES string of the molecule is CNC(=S)c1cc(Cl)ccc1NS(=O)(=O)c1ccc(C)cc1. The van der Waals surface area contributed by atoms with Crippen LogP contribution >= 0.6 is 23.8 Å². The van der Waals surface area contributed by atoms with Crippen LogP contribution in [0, 0.1) is 6.92 Å². The zero-order valence-electron chi connectivity index (χ0n) is 12.1. The van der Waals surface area contributed by atoms with Crippen molar-refractivity contribution in [1.29, 1.82) is 0 Å². The lowest BCUT2D eigenvalue weighted by molar-refractivity contribution is 0.601. The predicted molar refractivity (Wildman–Crippen MR) is 94.2 cm³/mol. The molecule has 0 aromatic heterocycles. The van der Waals surface area contributed by atoms with Gasteiger partial charge < -0.3 is 5.32 Å². The second kappa shape index (κ2) is 6.64. The molecule has 22 heavy (non-hydrogen) atoms. The first-order valence-corrected chi connectivity index (χ1v) is 8.71. The Hall–Kier alpha value is -1.63. The third-order valence-electron chi connectivity index (χ3n) is 3.03. The Morgan fingerprint density at radius 3 is 2.36 bits per heavy atom. The average molecular weight is 355 g/mol. The fourth-order valence-electron chi connectivity index (χ4n) is 1.85. The number of benzene rings is 2. The van der Waals surface area contributed by atoms with Crippen molar-refractivity contribution >= 4 is 44.5 Å². The van der Waals surface area contributed by atoms with Crippen molar-refractivity contribution in [1.82, 2.24) is 5.32 Å². The van der Waals surface area contributed by atoms with Crippen molar-refractivity contribution in [2.24, 2.45) is 0 Å². The first-order chi connectivity index (χ1) is 10.3. The highest BCUT2D eigenvalue weighted by molar-refractivity contribution is 7.92. The van der Waals surface area contributed by atoms with Gasteiger partial charge in [0.05, 0.1) is 10.6 Å². The van der Waals surface area contributed by atoms with Gasteiger partial charge in [-0.15, -0.1) is 0 Å². The van der Waals surface area contributed by atoms with Crippen molar-refractivity contribution in [3.8, 4) is 0 Å². The normalized spacial score (nSPS) is 11.0. The van der Waals surface area contributed by atoms with Gasteiger partial charge in [-0.3, -0.25) is 4.72 Å². The smallest absolute Gasteiger partial charge is 0.261 e.